The number of pyridine rings is 1. The number of imidazole rings is 1. The Morgan fingerprint density at radius 2 is 2.07 bits per heavy atom. The Morgan fingerprint density at radius 3 is 2.86 bits per heavy atom. The van der Waals surface area contributed by atoms with Gasteiger partial charge in [-0.15, -0.1) is 0 Å². The molecule has 8 nitrogen and oxygen atoms in total. The molecule has 4 aromatic rings. The van der Waals surface area contributed by atoms with Crippen molar-refractivity contribution in [2.45, 2.75) is 13.0 Å². The van der Waals surface area contributed by atoms with Crippen LogP contribution < -0.4 is 10.6 Å². The van der Waals surface area contributed by atoms with E-state index >= 15 is 0 Å². The summed E-state index contributed by atoms with van der Waals surface area (Å²) in [5.74, 6) is 1.19. The first-order valence-electron chi connectivity index (χ1n) is 8.74. The topological polar surface area (TPSA) is 108 Å². The molecule has 1 aromatic carbocycles. The van der Waals surface area contributed by atoms with Gasteiger partial charge in [-0.05, 0) is 30.7 Å². The minimum atomic E-state index is -0.852. The van der Waals surface area contributed by atoms with Gasteiger partial charge in [0.05, 0.1) is 29.6 Å². The number of aryl methyl sites for hydroxylation is 1. The molecule has 144 valence electrons. The number of anilines is 3. The first-order valence-corrected chi connectivity index (χ1v) is 9.12. The second-order valence-corrected chi connectivity index (χ2v) is 6.83. The number of rotatable bonds is 6. The third kappa shape index (κ3) is 3.45. The molecule has 28 heavy (non-hydrogen) atoms. The molecular weight excluding hydrogens is 380 g/mol. The second kappa shape index (κ2) is 7.59. The van der Waals surface area contributed by atoms with E-state index in [1.807, 2.05) is 35.6 Å². The number of para-hydroxylation sites is 1. The van der Waals surface area contributed by atoms with Gasteiger partial charge in [0.15, 0.2) is 11.5 Å². The summed E-state index contributed by atoms with van der Waals surface area (Å²) in [5.41, 5.74) is 3.85. The molecule has 0 radical (unpaired) electrons. The molecule has 0 spiro atoms. The molecule has 4 N–H and O–H groups in total. The van der Waals surface area contributed by atoms with Crippen molar-refractivity contribution >= 4 is 45.6 Å². The van der Waals surface area contributed by atoms with Crippen molar-refractivity contribution in [1.82, 2.24) is 19.4 Å². The molecule has 3 aromatic heterocycles. The Morgan fingerprint density at radius 1 is 1.21 bits per heavy atom. The summed E-state index contributed by atoms with van der Waals surface area (Å²) in [7, 11) is 0. The van der Waals surface area contributed by atoms with Gasteiger partial charge in [-0.1, -0.05) is 23.7 Å². The van der Waals surface area contributed by atoms with Crippen LogP contribution in [0.5, 0.6) is 0 Å². The molecule has 3 heterocycles. The van der Waals surface area contributed by atoms with E-state index in [4.69, 9.17) is 21.7 Å². The van der Waals surface area contributed by atoms with Crippen LogP contribution in [-0.2, 0) is 0 Å². The van der Waals surface area contributed by atoms with Gasteiger partial charge in [0.1, 0.15) is 23.2 Å². The van der Waals surface area contributed by atoms with Crippen LogP contribution in [0.4, 0.5) is 17.3 Å². The smallest absolute Gasteiger partial charge is 0.166 e. The van der Waals surface area contributed by atoms with Crippen molar-refractivity contribution in [3.63, 3.8) is 0 Å². The van der Waals surface area contributed by atoms with Gasteiger partial charge < -0.3 is 20.8 Å². The first-order chi connectivity index (χ1) is 13.6. The summed E-state index contributed by atoms with van der Waals surface area (Å²) in [6, 6.07) is 9.30. The molecule has 0 saturated carbocycles. The number of halogens is 1. The molecule has 0 aliphatic rings. The zero-order valence-electron chi connectivity index (χ0n) is 15.1. The number of aliphatic hydroxyl groups is 2. The van der Waals surface area contributed by atoms with Crippen LogP contribution in [0.1, 0.15) is 5.56 Å². The highest BCUT2D eigenvalue weighted by atomic mass is 35.5. The molecule has 0 amide bonds. The van der Waals surface area contributed by atoms with E-state index in [1.165, 1.54) is 0 Å². The van der Waals surface area contributed by atoms with Crippen LogP contribution in [0.2, 0.25) is 5.02 Å². The normalized spacial score (nSPS) is 12.4. The highest BCUT2D eigenvalue weighted by Crippen LogP contribution is 2.31. The van der Waals surface area contributed by atoms with Gasteiger partial charge in [-0.25, -0.2) is 15.0 Å². The summed E-state index contributed by atoms with van der Waals surface area (Å²) in [6.45, 7) is 1.86. The second-order valence-electron chi connectivity index (χ2n) is 6.42. The van der Waals surface area contributed by atoms with Gasteiger partial charge in [0.2, 0.25) is 0 Å². The average molecular weight is 399 g/mol. The highest BCUT2D eigenvalue weighted by molar-refractivity contribution is 6.33. The van der Waals surface area contributed by atoms with Crippen LogP contribution in [-0.4, -0.2) is 48.8 Å². The lowest BCUT2D eigenvalue weighted by Gasteiger charge is -2.14. The molecule has 4 rings (SSSR count). The predicted molar refractivity (Wildman–Crippen MR) is 109 cm³/mol. The highest BCUT2D eigenvalue weighted by Gasteiger charge is 2.13. The number of aromatic nitrogens is 4. The van der Waals surface area contributed by atoms with E-state index < -0.39 is 6.10 Å². The van der Waals surface area contributed by atoms with Crippen molar-refractivity contribution in [3.05, 3.63) is 53.4 Å². The van der Waals surface area contributed by atoms with E-state index in [0.29, 0.717) is 27.8 Å². The minimum Gasteiger partial charge on any atom is -0.394 e. The zero-order valence-corrected chi connectivity index (χ0v) is 15.9. The van der Waals surface area contributed by atoms with Crippen molar-refractivity contribution < 1.29 is 10.2 Å². The molecule has 0 bridgehead atoms. The van der Waals surface area contributed by atoms with Gasteiger partial charge in [-0.2, -0.15) is 0 Å². The van der Waals surface area contributed by atoms with Crippen LogP contribution in [0.25, 0.3) is 16.7 Å². The summed E-state index contributed by atoms with van der Waals surface area (Å²) in [4.78, 5) is 13.5. The molecule has 1 atom stereocenters. The standard InChI is InChI=1S/C19H19ClN6O2/c1-11-3-2-4-13(20)17(11)25-18-15-8-21-10-26(15)19-14(23-18)5-6-16(24-19)22-7-12(28)9-27/h2-6,8,10,12,27-28H,7,9H2,1H3,(H,22,24)(H,23,25). The Labute approximate surface area is 165 Å². The summed E-state index contributed by atoms with van der Waals surface area (Å²) in [5, 5.41) is 25.4. The quantitative estimate of drug-likeness (QED) is 0.395. The van der Waals surface area contributed by atoms with Crippen LogP contribution in [0.3, 0.4) is 0 Å². The monoisotopic (exact) mass is 398 g/mol. The summed E-state index contributed by atoms with van der Waals surface area (Å²) < 4.78 is 1.84. The fraction of sp³-hybridized carbons (Fsp3) is 0.211. The van der Waals surface area contributed by atoms with E-state index in [-0.39, 0.29) is 13.2 Å². The zero-order chi connectivity index (χ0) is 19.7. The largest absolute Gasteiger partial charge is 0.394 e. The molecule has 9 heteroatoms. The molecule has 0 saturated heterocycles. The van der Waals surface area contributed by atoms with E-state index in [9.17, 15) is 5.11 Å². The van der Waals surface area contributed by atoms with Crippen molar-refractivity contribution in [2.24, 2.45) is 0 Å². The maximum absolute atomic E-state index is 9.51. The Kier molecular flexibility index (Phi) is 4.99. The third-order valence-corrected chi connectivity index (χ3v) is 4.71. The number of nitrogens with zero attached hydrogens (tertiary/aromatic N) is 4. The number of aliphatic hydroxyl groups excluding tert-OH is 2. The molecule has 0 fully saturated rings. The van der Waals surface area contributed by atoms with E-state index in [0.717, 1.165) is 16.8 Å². The van der Waals surface area contributed by atoms with Gasteiger partial charge >= 0.3 is 0 Å². The molecule has 0 aliphatic heterocycles. The lowest BCUT2D eigenvalue weighted by Crippen LogP contribution is -2.23. The molecule has 0 aliphatic carbocycles. The summed E-state index contributed by atoms with van der Waals surface area (Å²) >= 11 is 6.34. The Hall–Kier alpha value is -2.94. The van der Waals surface area contributed by atoms with E-state index in [2.05, 4.69) is 20.6 Å². The third-order valence-electron chi connectivity index (χ3n) is 4.39. The number of benzene rings is 1. The lowest BCUT2D eigenvalue weighted by molar-refractivity contribution is 0.105. The minimum absolute atomic E-state index is 0.195. The number of nitrogens with one attached hydrogen (secondary N) is 2. The van der Waals surface area contributed by atoms with Crippen LogP contribution in [0, 0.1) is 6.92 Å². The van der Waals surface area contributed by atoms with Crippen molar-refractivity contribution in [2.75, 3.05) is 23.8 Å². The maximum Gasteiger partial charge on any atom is 0.166 e. The predicted octanol–water partition coefficient (Wildman–Crippen LogP) is 2.75. The fourth-order valence-corrected chi connectivity index (χ4v) is 3.18. The first kappa shape index (κ1) is 18.4. The van der Waals surface area contributed by atoms with Gasteiger partial charge in [0, 0.05) is 6.54 Å². The van der Waals surface area contributed by atoms with Crippen molar-refractivity contribution in [3.8, 4) is 0 Å². The van der Waals surface area contributed by atoms with E-state index in [1.54, 1.807) is 18.6 Å². The summed E-state index contributed by atoms with van der Waals surface area (Å²) in [6.07, 6.45) is 2.52. The molecular formula is C19H19ClN6O2. The van der Waals surface area contributed by atoms with Gasteiger partial charge in [-0.3, -0.25) is 4.40 Å². The lowest BCUT2D eigenvalue weighted by atomic mass is 10.2. The SMILES string of the molecule is Cc1cccc(Cl)c1Nc1nc2ccc(NCC(O)CO)nc2n2cncc12. The van der Waals surface area contributed by atoms with Crippen molar-refractivity contribution in [1.29, 1.82) is 0 Å². The van der Waals surface area contributed by atoms with Crippen LogP contribution >= 0.6 is 11.6 Å². The number of hydrogen-bond donors (Lipinski definition) is 4. The maximum atomic E-state index is 9.51. The average Bonchev–Trinajstić information content (AvgIpc) is 3.19. The Balaban J connectivity index is 1.76. The fourth-order valence-electron chi connectivity index (χ4n) is 2.91. The van der Waals surface area contributed by atoms with Crippen LogP contribution in [0.15, 0.2) is 42.9 Å². The Bertz CT molecular complexity index is 1130. The number of hydrogen-bond acceptors (Lipinski definition) is 7. The molecule has 1 unspecified atom stereocenters. The van der Waals surface area contributed by atoms with Gasteiger partial charge in [0.25, 0.3) is 0 Å². The number of fused-ring (bicyclic) bond motifs is 3.